The lowest BCUT2D eigenvalue weighted by atomic mass is 9.96. The van der Waals surface area contributed by atoms with E-state index in [1.165, 1.54) is 4.90 Å². The second-order valence-corrected chi connectivity index (χ2v) is 7.15. The molecule has 4 heteroatoms. The van der Waals surface area contributed by atoms with E-state index in [9.17, 15) is 9.59 Å². The minimum absolute atomic E-state index is 0.290. The van der Waals surface area contributed by atoms with Gasteiger partial charge < -0.3 is 0 Å². The minimum atomic E-state index is -0.290. The highest BCUT2D eigenvalue weighted by Gasteiger charge is 2.40. The van der Waals surface area contributed by atoms with Crippen LogP contribution in [0.4, 0.5) is 5.69 Å². The van der Waals surface area contributed by atoms with Crippen molar-refractivity contribution in [2.24, 2.45) is 0 Å². The molecule has 1 aliphatic heterocycles. The molecule has 26 heavy (non-hydrogen) atoms. The van der Waals surface area contributed by atoms with E-state index in [0.717, 1.165) is 14.7 Å². The maximum absolute atomic E-state index is 13.2. The number of hydrogen-bond donors (Lipinski definition) is 0. The fourth-order valence-corrected chi connectivity index (χ4v) is 3.46. The third-order valence-corrected chi connectivity index (χ3v) is 5.01. The van der Waals surface area contributed by atoms with Gasteiger partial charge in [0, 0.05) is 3.57 Å². The van der Waals surface area contributed by atoms with E-state index in [2.05, 4.69) is 22.6 Å². The zero-order valence-electron chi connectivity index (χ0n) is 13.7. The van der Waals surface area contributed by atoms with Gasteiger partial charge in [-0.2, -0.15) is 0 Å². The van der Waals surface area contributed by atoms with Crippen LogP contribution in [0.1, 0.15) is 11.1 Å². The number of imide groups is 1. The molecule has 0 fully saturated rings. The van der Waals surface area contributed by atoms with Crippen LogP contribution in [0.15, 0.2) is 84.9 Å². The van der Waals surface area contributed by atoms with Crippen LogP contribution in [0.5, 0.6) is 0 Å². The minimum Gasteiger partial charge on any atom is -0.268 e. The number of carbonyl (C=O) groups excluding carboxylic acids is 2. The van der Waals surface area contributed by atoms with Crippen LogP contribution >= 0.6 is 22.6 Å². The lowest BCUT2D eigenvalue weighted by molar-refractivity contribution is -0.119. The maximum Gasteiger partial charge on any atom is 0.266 e. The summed E-state index contributed by atoms with van der Waals surface area (Å²) in [4.78, 5) is 27.7. The Morgan fingerprint density at radius 2 is 1.00 bits per heavy atom. The van der Waals surface area contributed by atoms with Crippen LogP contribution in [-0.4, -0.2) is 11.8 Å². The van der Waals surface area contributed by atoms with Crippen LogP contribution in [0.2, 0.25) is 0 Å². The topological polar surface area (TPSA) is 37.4 Å². The molecule has 0 atom stereocenters. The molecule has 0 aliphatic carbocycles. The molecule has 126 valence electrons. The standard InChI is InChI=1S/C22H14INO2/c23-17-11-13-18(14-12-17)24-21(25)19(15-7-3-1-4-8-15)20(22(24)26)16-9-5-2-6-10-16/h1-14H. The van der Waals surface area contributed by atoms with Crippen LogP contribution < -0.4 is 4.90 Å². The molecule has 0 aromatic heterocycles. The zero-order valence-corrected chi connectivity index (χ0v) is 15.9. The second-order valence-electron chi connectivity index (χ2n) is 5.90. The largest absolute Gasteiger partial charge is 0.268 e. The van der Waals surface area contributed by atoms with Crippen LogP contribution in [0.25, 0.3) is 11.1 Å². The summed E-state index contributed by atoms with van der Waals surface area (Å²) in [5.74, 6) is -0.581. The maximum atomic E-state index is 13.2. The summed E-state index contributed by atoms with van der Waals surface area (Å²) in [6.07, 6.45) is 0. The first-order valence-corrected chi connectivity index (χ1v) is 9.24. The van der Waals surface area contributed by atoms with Crippen molar-refractivity contribution in [1.29, 1.82) is 0 Å². The fraction of sp³-hybridized carbons (Fsp3) is 0. The molecule has 1 heterocycles. The highest BCUT2D eigenvalue weighted by atomic mass is 127. The third kappa shape index (κ3) is 2.86. The van der Waals surface area contributed by atoms with Crippen molar-refractivity contribution in [3.05, 3.63) is 99.6 Å². The molecule has 0 N–H and O–H groups in total. The van der Waals surface area contributed by atoms with Crippen LogP contribution in [0, 0.1) is 3.57 Å². The SMILES string of the molecule is O=C1C(c2ccccc2)=C(c2ccccc2)C(=O)N1c1ccc(I)cc1. The van der Waals surface area contributed by atoms with Crippen molar-refractivity contribution < 1.29 is 9.59 Å². The molecule has 0 radical (unpaired) electrons. The Balaban J connectivity index is 1.90. The van der Waals surface area contributed by atoms with Crippen LogP contribution in [0.3, 0.4) is 0 Å². The Morgan fingerprint density at radius 1 is 0.577 bits per heavy atom. The lowest BCUT2D eigenvalue weighted by Gasteiger charge is -2.15. The Labute approximate surface area is 165 Å². The van der Waals surface area contributed by atoms with Gasteiger partial charge in [-0.15, -0.1) is 0 Å². The molecule has 1 aliphatic rings. The summed E-state index contributed by atoms with van der Waals surface area (Å²) in [5.41, 5.74) is 2.97. The lowest BCUT2D eigenvalue weighted by Crippen LogP contribution is -2.31. The zero-order chi connectivity index (χ0) is 18.1. The Morgan fingerprint density at radius 3 is 1.42 bits per heavy atom. The number of hydrogen-bond acceptors (Lipinski definition) is 2. The fourth-order valence-electron chi connectivity index (χ4n) is 3.10. The van der Waals surface area contributed by atoms with Crippen molar-refractivity contribution in [3.8, 4) is 0 Å². The molecule has 3 nitrogen and oxygen atoms in total. The molecule has 0 bridgehead atoms. The first kappa shape index (κ1) is 16.7. The van der Waals surface area contributed by atoms with Gasteiger partial charge in [0.1, 0.15) is 0 Å². The molecule has 3 aromatic carbocycles. The summed E-state index contributed by atoms with van der Waals surface area (Å²) in [7, 11) is 0. The predicted octanol–water partition coefficient (Wildman–Crippen LogP) is 4.78. The number of amides is 2. The van der Waals surface area contributed by atoms with Gasteiger partial charge in [0.05, 0.1) is 16.8 Å². The second kappa shape index (κ2) is 6.88. The van der Waals surface area contributed by atoms with Gasteiger partial charge in [0.2, 0.25) is 0 Å². The summed E-state index contributed by atoms with van der Waals surface area (Å²) in [6, 6.07) is 26.1. The third-order valence-electron chi connectivity index (χ3n) is 4.29. The summed E-state index contributed by atoms with van der Waals surface area (Å²) >= 11 is 2.20. The summed E-state index contributed by atoms with van der Waals surface area (Å²) in [5, 5.41) is 0. The van der Waals surface area contributed by atoms with Gasteiger partial charge in [0.15, 0.2) is 0 Å². The Bertz CT molecular complexity index is 948. The van der Waals surface area contributed by atoms with Gasteiger partial charge >= 0.3 is 0 Å². The number of rotatable bonds is 3. The van der Waals surface area contributed by atoms with Gasteiger partial charge in [0.25, 0.3) is 11.8 Å². The first-order valence-electron chi connectivity index (χ1n) is 8.16. The smallest absolute Gasteiger partial charge is 0.266 e. The predicted molar refractivity (Wildman–Crippen MR) is 111 cm³/mol. The van der Waals surface area contributed by atoms with E-state index in [-0.39, 0.29) is 11.8 Å². The normalized spacial score (nSPS) is 14.3. The Kier molecular flexibility index (Phi) is 4.42. The number of carbonyl (C=O) groups is 2. The van der Waals surface area contributed by atoms with Crippen molar-refractivity contribution in [3.63, 3.8) is 0 Å². The number of nitrogens with zero attached hydrogens (tertiary/aromatic N) is 1. The van der Waals surface area contributed by atoms with Crippen molar-refractivity contribution >= 4 is 51.2 Å². The molecule has 0 spiro atoms. The van der Waals surface area contributed by atoms with Crippen molar-refractivity contribution in [1.82, 2.24) is 0 Å². The van der Waals surface area contributed by atoms with Crippen molar-refractivity contribution in [2.75, 3.05) is 4.90 Å². The summed E-state index contributed by atoms with van der Waals surface area (Å²) in [6.45, 7) is 0. The molecule has 4 rings (SSSR count). The van der Waals surface area contributed by atoms with E-state index < -0.39 is 0 Å². The van der Waals surface area contributed by atoms with E-state index in [0.29, 0.717) is 16.8 Å². The number of anilines is 1. The highest BCUT2D eigenvalue weighted by molar-refractivity contribution is 14.1. The molecule has 3 aromatic rings. The molecule has 0 saturated carbocycles. The molecular weight excluding hydrogens is 437 g/mol. The van der Waals surface area contributed by atoms with Crippen molar-refractivity contribution in [2.45, 2.75) is 0 Å². The average Bonchev–Trinajstić information content (AvgIpc) is 2.94. The van der Waals surface area contributed by atoms with E-state index in [1.807, 2.05) is 72.8 Å². The highest BCUT2D eigenvalue weighted by Crippen LogP contribution is 2.38. The first-order chi connectivity index (χ1) is 12.7. The molecule has 0 unspecified atom stereocenters. The monoisotopic (exact) mass is 451 g/mol. The van der Waals surface area contributed by atoms with Gasteiger partial charge in [-0.25, -0.2) is 4.90 Å². The average molecular weight is 451 g/mol. The van der Waals surface area contributed by atoms with E-state index in [1.54, 1.807) is 12.1 Å². The molecule has 0 saturated heterocycles. The van der Waals surface area contributed by atoms with Gasteiger partial charge in [-0.05, 0) is 58.0 Å². The Hall–Kier alpha value is -2.73. The summed E-state index contributed by atoms with van der Waals surface area (Å²) < 4.78 is 1.05. The van der Waals surface area contributed by atoms with Gasteiger partial charge in [-0.3, -0.25) is 9.59 Å². The van der Waals surface area contributed by atoms with Gasteiger partial charge in [-0.1, -0.05) is 60.7 Å². The van der Waals surface area contributed by atoms with E-state index >= 15 is 0 Å². The van der Waals surface area contributed by atoms with E-state index in [4.69, 9.17) is 0 Å². The molecule has 2 amide bonds. The number of benzene rings is 3. The van der Waals surface area contributed by atoms with Crippen LogP contribution in [-0.2, 0) is 9.59 Å². The molecular formula is C22H14INO2. The quantitative estimate of drug-likeness (QED) is 0.425. The number of halogens is 1.